The molecule has 9 heteroatoms. The first-order chi connectivity index (χ1) is 9.83. The van der Waals surface area contributed by atoms with Crippen LogP contribution < -0.4 is 10.1 Å². The molecular weight excluding hydrogens is 325 g/mol. The number of benzene rings is 1. The molecule has 0 unspecified atom stereocenters. The number of aromatic nitrogens is 1. The van der Waals surface area contributed by atoms with E-state index >= 15 is 0 Å². The molecule has 112 valence electrons. The summed E-state index contributed by atoms with van der Waals surface area (Å²) >= 11 is 6.10. The molecule has 0 spiro atoms. The third-order valence-electron chi connectivity index (χ3n) is 2.38. The number of carbonyl (C=O) groups excluding carboxylic acids is 1. The number of amides is 1. The van der Waals surface area contributed by atoms with Crippen molar-refractivity contribution in [2.75, 3.05) is 0 Å². The molecule has 2 rings (SSSR count). The van der Waals surface area contributed by atoms with Crippen molar-refractivity contribution in [3.05, 3.63) is 44.9 Å². The van der Waals surface area contributed by atoms with Gasteiger partial charge in [0, 0.05) is 11.9 Å². The molecule has 0 atom stereocenters. The molecule has 0 fully saturated rings. The van der Waals surface area contributed by atoms with Crippen LogP contribution in [0.5, 0.6) is 5.75 Å². The Kier molecular flexibility index (Phi) is 4.63. The van der Waals surface area contributed by atoms with Gasteiger partial charge in [-0.15, -0.1) is 24.5 Å². The normalized spacial score (nSPS) is 11.2. The number of hydrogen-bond donors (Lipinski definition) is 2. The molecule has 1 aromatic heterocycles. The third kappa shape index (κ3) is 4.87. The molecular formula is C12H9F3N2O2S2. The summed E-state index contributed by atoms with van der Waals surface area (Å²) in [6.07, 6.45) is -4.72. The van der Waals surface area contributed by atoms with Crippen LogP contribution in [-0.2, 0) is 6.54 Å². The molecule has 21 heavy (non-hydrogen) atoms. The van der Waals surface area contributed by atoms with Gasteiger partial charge in [-0.3, -0.25) is 4.79 Å². The molecule has 0 aliphatic carbocycles. The van der Waals surface area contributed by atoms with Crippen LogP contribution in [0.1, 0.15) is 16.1 Å². The van der Waals surface area contributed by atoms with Gasteiger partial charge in [0.25, 0.3) is 5.91 Å². The van der Waals surface area contributed by atoms with Crippen LogP contribution in [0.4, 0.5) is 13.2 Å². The fraction of sp³-hybridized carbons (Fsp3) is 0.167. The molecule has 4 nitrogen and oxygen atoms in total. The van der Waals surface area contributed by atoms with E-state index in [-0.39, 0.29) is 18.2 Å². The minimum absolute atomic E-state index is 0.182. The van der Waals surface area contributed by atoms with Crippen molar-refractivity contribution in [3.8, 4) is 5.75 Å². The second kappa shape index (κ2) is 6.27. The molecule has 2 N–H and O–H groups in total. The second-order valence-electron chi connectivity index (χ2n) is 3.94. The van der Waals surface area contributed by atoms with E-state index in [9.17, 15) is 18.0 Å². The van der Waals surface area contributed by atoms with Crippen LogP contribution in [0.15, 0.2) is 29.6 Å². The smallest absolute Gasteiger partial charge is 0.406 e. The predicted molar refractivity (Wildman–Crippen MR) is 73.8 cm³/mol. The van der Waals surface area contributed by atoms with Gasteiger partial charge in [0.15, 0.2) is 3.95 Å². The van der Waals surface area contributed by atoms with Gasteiger partial charge in [0.1, 0.15) is 11.4 Å². The number of ether oxygens (including phenoxy) is 1. The lowest BCUT2D eigenvalue weighted by molar-refractivity contribution is -0.274. The first-order valence-electron chi connectivity index (χ1n) is 5.64. The van der Waals surface area contributed by atoms with Gasteiger partial charge in [-0.2, -0.15) is 0 Å². The maximum atomic E-state index is 12.0. The maximum Gasteiger partial charge on any atom is 0.573 e. The number of aromatic amines is 1. The highest BCUT2D eigenvalue weighted by Crippen LogP contribution is 2.22. The summed E-state index contributed by atoms with van der Waals surface area (Å²) < 4.78 is 40.2. The molecule has 1 heterocycles. The zero-order valence-corrected chi connectivity index (χ0v) is 12.0. The molecule has 0 saturated heterocycles. The van der Waals surface area contributed by atoms with Gasteiger partial charge in [-0.05, 0) is 29.9 Å². The maximum absolute atomic E-state index is 12.0. The van der Waals surface area contributed by atoms with Crippen LogP contribution in [0.25, 0.3) is 0 Å². The summed E-state index contributed by atoms with van der Waals surface area (Å²) in [7, 11) is 0. The topological polar surface area (TPSA) is 54.1 Å². The molecule has 2 aromatic rings. The molecule has 0 radical (unpaired) electrons. The molecule has 0 bridgehead atoms. The van der Waals surface area contributed by atoms with E-state index in [4.69, 9.17) is 12.2 Å². The van der Waals surface area contributed by atoms with Gasteiger partial charge in [0.05, 0.1) is 0 Å². The number of H-pyrrole nitrogens is 1. The lowest BCUT2D eigenvalue weighted by atomic mass is 10.2. The van der Waals surface area contributed by atoms with E-state index in [2.05, 4.69) is 15.0 Å². The van der Waals surface area contributed by atoms with Gasteiger partial charge < -0.3 is 15.0 Å². The number of carbonyl (C=O) groups is 1. The Morgan fingerprint density at radius 2 is 2.00 bits per heavy atom. The van der Waals surface area contributed by atoms with E-state index < -0.39 is 6.36 Å². The van der Waals surface area contributed by atoms with Crippen molar-refractivity contribution in [2.24, 2.45) is 0 Å². The van der Waals surface area contributed by atoms with Crippen LogP contribution >= 0.6 is 23.6 Å². The molecule has 0 saturated carbocycles. The van der Waals surface area contributed by atoms with E-state index in [1.165, 1.54) is 35.6 Å². The first-order valence-corrected chi connectivity index (χ1v) is 6.93. The van der Waals surface area contributed by atoms with Crippen LogP contribution in [0, 0.1) is 3.95 Å². The van der Waals surface area contributed by atoms with Crippen molar-refractivity contribution < 1.29 is 22.7 Å². The molecule has 0 aliphatic heterocycles. The number of rotatable bonds is 4. The van der Waals surface area contributed by atoms with E-state index in [1.807, 2.05) is 0 Å². The highest BCUT2D eigenvalue weighted by atomic mass is 32.1. The van der Waals surface area contributed by atoms with E-state index in [0.29, 0.717) is 15.2 Å². The monoisotopic (exact) mass is 334 g/mol. The van der Waals surface area contributed by atoms with E-state index in [0.717, 1.165) is 0 Å². The number of alkyl halides is 3. The average molecular weight is 334 g/mol. The Labute approximate surface area is 126 Å². The van der Waals surface area contributed by atoms with Crippen LogP contribution in [0.3, 0.4) is 0 Å². The molecule has 0 aliphatic rings. The molecule has 1 amide bonds. The van der Waals surface area contributed by atoms with E-state index in [1.54, 1.807) is 5.38 Å². The lowest BCUT2D eigenvalue weighted by Gasteiger charge is -2.09. The summed E-state index contributed by atoms with van der Waals surface area (Å²) in [5.41, 5.74) is 0.994. The lowest BCUT2D eigenvalue weighted by Crippen LogP contribution is -2.23. The number of thiazole rings is 1. The fourth-order valence-corrected chi connectivity index (χ4v) is 2.29. The van der Waals surface area contributed by atoms with Gasteiger partial charge in [0.2, 0.25) is 0 Å². The summed E-state index contributed by atoms with van der Waals surface area (Å²) in [5, 5.41) is 4.22. The number of halogens is 3. The van der Waals surface area contributed by atoms with Crippen molar-refractivity contribution in [2.45, 2.75) is 12.9 Å². The number of hydrogen-bond acceptors (Lipinski definition) is 4. The summed E-state index contributed by atoms with van der Waals surface area (Å²) in [5.74, 6) is -0.641. The summed E-state index contributed by atoms with van der Waals surface area (Å²) in [6.45, 7) is 0.182. The first kappa shape index (κ1) is 15.5. The highest BCUT2D eigenvalue weighted by molar-refractivity contribution is 7.73. The SMILES string of the molecule is O=C(NCc1ccc(OC(F)(F)F)cc1)c1csc(=S)[nH]1. The fourth-order valence-electron chi connectivity index (χ4n) is 1.48. The average Bonchev–Trinajstić information content (AvgIpc) is 2.82. The minimum Gasteiger partial charge on any atom is -0.406 e. The largest absolute Gasteiger partial charge is 0.573 e. The molecule has 1 aromatic carbocycles. The Bertz CT molecular complexity index is 677. The zero-order valence-electron chi connectivity index (χ0n) is 10.4. The van der Waals surface area contributed by atoms with Crippen molar-refractivity contribution >= 4 is 29.5 Å². The van der Waals surface area contributed by atoms with Gasteiger partial charge >= 0.3 is 6.36 Å². The van der Waals surface area contributed by atoms with Gasteiger partial charge in [-0.25, -0.2) is 0 Å². The van der Waals surface area contributed by atoms with Crippen molar-refractivity contribution in [3.63, 3.8) is 0 Å². The standard InChI is InChI=1S/C12H9F3N2O2S2/c13-12(14,15)19-8-3-1-7(2-4-8)5-16-10(18)9-6-21-11(20)17-9/h1-4,6H,5H2,(H,16,18)(H,17,20). The van der Waals surface area contributed by atoms with Crippen molar-refractivity contribution in [1.29, 1.82) is 0 Å². The van der Waals surface area contributed by atoms with Gasteiger partial charge in [-0.1, -0.05) is 12.1 Å². The Morgan fingerprint density at radius 1 is 1.33 bits per heavy atom. The zero-order chi connectivity index (χ0) is 15.5. The highest BCUT2D eigenvalue weighted by Gasteiger charge is 2.30. The third-order valence-corrected chi connectivity index (χ3v) is 3.44. The van der Waals surface area contributed by atoms with Crippen LogP contribution in [-0.4, -0.2) is 17.3 Å². The quantitative estimate of drug-likeness (QED) is 0.840. The summed E-state index contributed by atoms with van der Waals surface area (Å²) in [6, 6.07) is 5.26. The second-order valence-corrected chi connectivity index (χ2v) is 5.48. The predicted octanol–water partition coefficient (Wildman–Crippen LogP) is 3.63. The summed E-state index contributed by atoms with van der Waals surface area (Å²) in [4.78, 5) is 14.5. The Balaban J connectivity index is 1.92. The Morgan fingerprint density at radius 3 is 2.52 bits per heavy atom. The number of nitrogens with one attached hydrogen (secondary N) is 2. The Hall–Kier alpha value is -1.87. The minimum atomic E-state index is -4.72. The van der Waals surface area contributed by atoms with Crippen LogP contribution in [0.2, 0.25) is 0 Å². The van der Waals surface area contributed by atoms with Crippen molar-refractivity contribution in [1.82, 2.24) is 10.3 Å².